The molecule has 0 aliphatic heterocycles. The van der Waals surface area contributed by atoms with E-state index in [1.54, 1.807) is 0 Å². The lowest BCUT2D eigenvalue weighted by Crippen LogP contribution is -2.12. The lowest BCUT2D eigenvalue weighted by molar-refractivity contribution is -0.112. The van der Waals surface area contributed by atoms with E-state index in [2.05, 4.69) is 11.9 Å². The quantitative estimate of drug-likeness (QED) is 0.425. The van der Waals surface area contributed by atoms with Crippen molar-refractivity contribution in [1.29, 1.82) is 0 Å². The summed E-state index contributed by atoms with van der Waals surface area (Å²) in [5.41, 5.74) is 5.93. The molecule has 0 aromatic heterocycles. The van der Waals surface area contributed by atoms with E-state index in [1.807, 2.05) is 0 Å². The number of anilines is 2. The molecule has 0 aliphatic rings. The van der Waals surface area contributed by atoms with Crippen molar-refractivity contribution in [3.63, 3.8) is 0 Å². The average Bonchev–Trinajstić information content (AvgIpc) is 2.15. The smallest absolute Gasteiger partial charge is 0.296 e. The summed E-state index contributed by atoms with van der Waals surface area (Å²) in [6.45, 7) is 4.98. The predicted molar refractivity (Wildman–Crippen MR) is 64.1 cm³/mol. The second-order valence-corrected chi connectivity index (χ2v) is 4.85. The molecule has 0 bridgehead atoms. The second kappa shape index (κ2) is 4.56. The highest BCUT2D eigenvalue weighted by molar-refractivity contribution is 7.86. The van der Waals surface area contributed by atoms with Crippen LogP contribution in [-0.2, 0) is 14.9 Å². The lowest BCUT2D eigenvalue weighted by Gasteiger charge is -2.07. The molecule has 0 spiro atoms. The Kier molecular flexibility index (Phi) is 3.54. The highest BCUT2D eigenvalue weighted by Gasteiger charge is 2.14. The number of nitrogen functional groups attached to an aromatic ring is 1. The Morgan fingerprint density at radius 3 is 2.47 bits per heavy atom. The number of nitrogens with one attached hydrogen (secondary N) is 1. The van der Waals surface area contributed by atoms with Gasteiger partial charge in [-0.2, -0.15) is 8.42 Å². The van der Waals surface area contributed by atoms with Gasteiger partial charge in [-0.15, -0.1) is 0 Å². The highest BCUT2D eigenvalue weighted by Crippen LogP contribution is 2.22. The zero-order valence-electron chi connectivity index (χ0n) is 9.10. The molecular weight excluding hydrogens is 244 g/mol. The molecule has 1 amide bonds. The maximum atomic E-state index is 11.3. The van der Waals surface area contributed by atoms with E-state index in [-0.39, 0.29) is 5.69 Å². The van der Waals surface area contributed by atoms with Crippen LogP contribution in [0.25, 0.3) is 0 Å². The van der Waals surface area contributed by atoms with E-state index >= 15 is 0 Å². The molecule has 0 unspecified atom stereocenters. The maximum absolute atomic E-state index is 11.3. The molecule has 0 heterocycles. The van der Waals surface area contributed by atoms with Gasteiger partial charge in [0, 0.05) is 11.3 Å². The van der Waals surface area contributed by atoms with Crippen LogP contribution in [-0.4, -0.2) is 18.9 Å². The average molecular weight is 256 g/mol. The molecule has 6 nitrogen and oxygen atoms in total. The Hall–Kier alpha value is -1.86. The third-order valence-electron chi connectivity index (χ3n) is 1.93. The van der Waals surface area contributed by atoms with E-state index in [0.717, 1.165) is 6.07 Å². The van der Waals surface area contributed by atoms with Gasteiger partial charge in [0.25, 0.3) is 16.0 Å². The summed E-state index contributed by atoms with van der Waals surface area (Å²) in [6.07, 6.45) is 0. The van der Waals surface area contributed by atoms with Gasteiger partial charge in [0.15, 0.2) is 0 Å². The first-order valence-corrected chi connectivity index (χ1v) is 5.99. The summed E-state index contributed by atoms with van der Waals surface area (Å²) >= 11 is 0. The van der Waals surface area contributed by atoms with Gasteiger partial charge in [0.1, 0.15) is 4.90 Å². The van der Waals surface area contributed by atoms with Crippen LogP contribution in [0.4, 0.5) is 11.4 Å². The van der Waals surface area contributed by atoms with Gasteiger partial charge in [-0.1, -0.05) is 6.58 Å². The Balaban J connectivity index is 3.06. The van der Waals surface area contributed by atoms with Gasteiger partial charge < -0.3 is 11.1 Å². The normalized spacial score (nSPS) is 10.9. The van der Waals surface area contributed by atoms with E-state index in [0.29, 0.717) is 11.3 Å². The van der Waals surface area contributed by atoms with E-state index in [4.69, 9.17) is 10.3 Å². The van der Waals surface area contributed by atoms with Crippen LogP contribution in [0.15, 0.2) is 35.2 Å². The Morgan fingerprint density at radius 1 is 1.47 bits per heavy atom. The molecule has 4 N–H and O–H groups in total. The summed E-state index contributed by atoms with van der Waals surface area (Å²) in [6, 6.07) is 3.67. The zero-order chi connectivity index (χ0) is 13.2. The van der Waals surface area contributed by atoms with E-state index in [1.165, 1.54) is 19.1 Å². The maximum Gasteiger partial charge on any atom is 0.296 e. The molecule has 0 saturated heterocycles. The van der Waals surface area contributed by atoms with Crippen LogP contribution in [0, 0.1) is 0 Å². The lowest BCUT2D eigenvalue weighted by atomic mass is 10.2. The van der Waals surface area contributed by atoms with E-state index < -0.39 is 20.9 Å². The van der Waals surface area contributed by atoms with Crippen LogP contribution in [0.3, 0.4) is 0 Å². The minimum atomic E-state index is -4.35. The number of carbonyl (C=O) groups is 1. The fourth-order valence-electron chi connectivity index (χ4n) is 1.10. The standard InChI is InChI=1S/C10H12N2O4S/c1-6(2)10(13)12-7-3-4-9(8(11)5-7)17(14,15)16/h3-5H,1,11H2,2H3,(H,12,13)(H,14,15,16). The van der Waals surface area contributed by atoms with Crippen molar-refractivity contribution in [3.8, 4) is 0 Å². The van der Waals surface area contributed by atoms with Crippen LogP contribution in [0.5, 0.6) is 0 Å². The minimum absolute atomic E-state index is 0.146. The Bertz CT molecular complexity index is 578. The van der Waals surface area contributed by atoms with Crippen molar-refractivity contribution in [3.05, 3.63) is 30.4 Å². The predicted octanol–water partition coefficient (Wildman–Crippen LogP) is 1.03. The number of nitrogens with two attached hydrogens (primary N) is 1. The monoisotopic (exact) mass is 256 g/mol. The van der Waals surface area contributed by atoms with Crippen molar-refractivity contribution in [2.45, 2.75) is 11.8 Å². The third-order valence-corrected chi connectivity index (χ3v) is 2.86. The molecule has 7 heteroatoms. The summed E-state index contributed by atoms with van der Waals surface area (Å²) in [7, 11) is -4.35. The highest BCUT2D eigenvalue weighted by atomic mass is 32.2. The van der Waals surface area contributed by atoms with Gasteiger partial charge in [-0.25, -0.2) is 0 Å². The molecule has 1 rings (SSSR count). The second-order valence-electron chi connectivity index (χ2n) is 3.46. The molecule has 0 radical (unpaired) electrons. The Labute approximate surface area is 98.9 Å². The van der Waals surface area contributed by atoms with Crippen molar-refractivity contribution in [1.82, 2.24) is 0 Å². The molecule has 92 valence electrons. The van der Waals surface area contributed by atoms with Crippen LogP contribution in [0.1, 0.15) is 6.92 Å². The first-order valence-electron chi connectivity index (χ1n) is 4.55. The van der Waals surface area contributed by atoms with Gasteiger partial charge in [-0.05, 0) is 25.1 Å². The first-order chi connectivity index (χ1) is 7.71. The number of hydrogen-bond donors (Lipinski definition) is 3. The summed E-state index contributed by atoms with van der Waals surface area (Å²) in [5.74, 6) is -0.399. The largest absolute Gasteiger partial charge is 0.398 e. The summed E-state index contributed by atoms with van der Waals surface area (Å²) < 4.78 is 30.6. The van der Waals surface area contributed by atoms with Crippen LogP contribution < -0.4 is 11.1 Å². The van der Waals surface area contributed by atoms with Crippen molar-refractivity contribution < 1.29 is 17.8 Å². The van der Waals surface area contributed by atoms with E-state index in [9.17, 15) is 13.2 Å². The van der Waals surface area contributed by atoms with Crippen molar-refractivity contribution in [2.75, 3.05) is 11.1 Å². The SMILES string of the molecule is C=C(C)C(=O)Nc1ccc(S(=O)(=O)O)c(N)c1. The fraction of sp³-hybridized carbons (Fsp3) is 0.100. The minimum Gasteiger partial charge on any atom is -0.398 e. The number of hydrogen-bond acceptors (Lipinski definition) is 4. The van der Waals surface area contributed by atoms with Gasteiger partial charge >= 0.3 is 0 Å². The third kappa shape index (κ3) is 3.30. The number of benzene rings is 1. The number of rotatable bonds is 3. The molecule has 1 aromatic rings. The molecule has 0 atom stereocenters. The number of carbonyl (C=O) groups excluding carboxylic acids is 1. The molecule has 1 aromatic carbocycles. The molecule has 0 aliphatic carbocycles. The zero-order valence-corrected chi connectivity index (χ0v) is 9.91. The number of amides is 1. The summed E-state index contributed by atoms with van der Waals surface area (Å²) in [4.78, 5) is 10.9. The Morgan fingerprint density at radius 2 is 2.06 bits per heavy atom. The molecule has 17 heavy (non-hydrogen) atoms. The van der Waals surface area contributed by atoms with Crippen molar-refractivity contribution >= 4 is 27.4 Å². The fourth-order valence-corrected chi connectivity index (χ4v) is 1.70. The topological polar surface area (TPSA) is 109 Å². The van der Waals surface area contributed by atoms with Crippen LogP contribution >= 0.6 is 0 Å². The van der Waals surface area contributed by atoms with Crippen LogP contribution in [0.2, 0.25) is 0 Å². The molecule has 0 fully saturated rings. The molecule has 0 saturated carbocycles. The summed E-state index contributed by atoms with van der Waals surface area (Å²) in [5, 5.41) is 2.47. The van der Waals surface area contributed by atoms with Gasteiger partial charge in [0.2, 0.25) is 0 Å². The first kappa shape index (κ1) is 13.2. The van der Waals surface area contributed by atoms with Crippen molar-refractivity contribution in [2.24, 2.45) is 0 Å². The molecular formula is C10H12N2O4S. The van der Waals surface area contributed by atoms with Gasteiger partial charge in [0.05, 0.1) is 5.69 Å². The van der Waals surface area contributed by atoms with Gasteiger partial charge in [-0.3, -0.25) is 9.35 Å².